The predicted molar refractivity (Wildman–Crippen MR) is 78.5 cm³/mol. The van der Waals surface area contributed by atoms with E-state index in [0.717, 1.165) is 24.1 Å². The number of carboxylic acid groups (broad SMARTS) is 1. The number of carbonyl (C=O) groups is 2. The first kappa shape index (κ1) is 16.2. The smallest absolute Gasteiger partial charge is 0.303 e. The highest BCUT2D eigenvalue weighted by atomic mass is 16.4. The fourth-order valence-electron chi connectivity index (χ4n) is 1.81. The van der Waals surface area contributed by atoms with E-state index in [1.165, 1.54) is 0 Å². The van der Waals surface area contributed by atoms with E-state index in [9.17, 15) is 9.59 Å². The fourth-order valence-corrected chi connectivity index (χ4v) is 1.81. The quantitative estimate of drug-likeness (QED) is 0.679. The van der Waals surface area contributed by atoms with Crippen LogP contribution in [0, 0.1) is 0 Å². The first-order valence-corrected chi connectivity index (χ1v) is 6.83. The Morgan fingerprint density at radius 3 is 2.45 bits per heavy atom. The summed E-state index contributed by atoms with van der Waals surface area (Å²) < 4.78 is 0. The molecule has 110 valence electrons. The molecule has 1 aromatic carbocycles. The maximum Gasteiger partial charge on any atom is 0.303 e. The van der Waals surface area contributed by atoms with Crippen LogP contribution in [0.2, 0.25) is 0 Å². The molecule has 5 nitrogen and oxygen atoms in total. The molecule has 1 atom stereocenters. The molecule has 1 aromatic rings. The van der Waals surface area contributed by atoms with Crippen molar-refractivity contribution in [2.45, 2.75) is 45.1 Å². The van der Waals surface area contributed by atoms with Gasteiger partial charge in [0.05, 0.1) is 0 Å². The third-order valence-corrected chi connectivity index (χ3v) is 2.93. The molecule has 1 rings (SSSR count). The second kappa shape index (κ2) is 8.32. The average molecular weight is 278 g/mol. The van der Waals surface area contributed by atoms with Crippen molar-refractivity contribution in [3.05, 3.63) is 29.8 Å². The normalized spacial score (nSPS) is 11.9. The Balaban J connectivity index is 2.37. The maximum absolute atomic E-state index is 11.7. The van der Waals surface area contributed by atoms with Crippen molar-refractivity contribution in [1.29, 1.82) is 0 Å². The van der Waals surface area contributed by atoms with Crippen LogP contribution in [0.1, 0.15) is 38.2 Å². The summed E-state index contributed by atoms with van der Waals surface area (Å²) in [5, 5.41) is 11.4. The molecule has 1 amide bonds. The van der Waals surface area contributed by atoms with Gasteiger partial charge in [0.1, 0.15) is 0 Å². The van der Waals surface area contributed by atoms with Crippen LogP contribution < -0.4 is 11.1 Å². The minimum atomic E-state index is -0.809. The van der Waals surface area contributed by atoms with Crippen molar-refractivity contribution in [2.24, 2.45) is 5.73 Å². The summed E-state index contributed by atoms with van der Waals surface area (Å²) in [6.07, 6.45) is 2.69. The van der Waals surface area contributed by atoms with E-state index in [1.54, 1.807) is 12.1 Å². The van der Waals surface area contributed by atoms with E-state index in [-0.39, 0.29) is 18.4 Å². The largest absolute Gasteiger partial charge is 0.481 e. The summed E-state index contributed by atoms with van der Waals surface area (Å²) in [4.78, 5) is 22.1. The van der Waals surface area contributed by atoms with E-state index >= 15 is 0 Å². The van der Waals surface area contributed by atoms with Gasteiger partial charge in [0.2, 0.25) is 5.91 Å². The summed E-state index contributed by atoms with van der Waals surface area (Å²) >= 11 is 0. The van der Waals surface area contributed by atoms with Gasteiger partial charge in [-0.15, -0.1) is 0 Å². The van der Waals surface area contributed by atoms with Gasteiger partial charge in [-0.2, -0.15) is 0 Å². The molecule has 0 bridgehead atoms. The van der Waals surface area contributed by atoms with Gasteiger partial charge in [0.25, 0.3) is 0 Å². The van der Waals surface area contributed by atoms with Crippen molar-refractivity contribution in [1.82, 2.24) is 0 Å². The Labute approximate surface area is 119 Å². The third-order valence-electron chi connectivity index (χ3n) is 2.93. The SMILES string of the molecule is CC(N)CCCC(=O)Nc1ccc(CCC(=O)O)cc1. The van der Waals surface area contributed by atoms with Crippen LogP contribution in [0.3, 0.4) is 0 Å². The first-order valence-electron chi connectivity index (χ1n) is 6.83. The van der Waals surface area contributed by atoms with Crippen LogP contribution in [0.15, 0.2) is 24.3 Å². The molecule has 0 fully saturated rings. The van der Waals surface area contributed by atoms with Crippen LogP contribution in [0.4, 0.5) is 5.69 Å². The van der Waals surface area contributed by atoms with Gasteiger partial charge in [0.15, 0.2) is 0 Å². The molecular formula is C15H22N2O3. The number of benzene rings is 1. The highest BCUT2D eigenvalue weighted by Gasteiger charge is 2.04. The lowest BCUT2D eigenvalue weighted by atomic mass is 10.1. The Morgan fingerprint density at radius 1 is 1.25 bits per heavy atom. The lowest BCUT2D eigenvalue weighted by molar-refractivity contribution is -0.137. The average Bonchev–Trinajstić information content (AvgIpc) is 2.37. The molecule has 0 radical (unpaired) electrons. The lowest BCUT2D eigenvalue weighted by Crippen LogP contribution is -2.16. The van der Waals surface area contributed by atoms with Gasteiger partial charge in [-0.25, -0.2) is 0 Å². The Morgan fingerprint density at radius 2 is 1.90 bits per heavy atom. The van der Waals surface area contributed by atoms with E-state index in [4.69, 9.17) is 10.8 Å². The highest BCUT2D eigenvalue weighted by Crippen LogP contribution is 2.12. The number of nitrogens with two attached hydrogens (primary N) is 1. The number of carboxylic acids is 1. The van der Waals surface area contributed by atoms with Crippen molar-refractivity contribution >= 4 is 17.6 Å². The number of anilines is 1. The number of amides is 1. The molecular weight excluding hydrogens is 256 g/mol. The first-order chi connectivity index (χ1) is 9.47. The van der Waals surface area contributed by atoms with E-state index in [2.05, 4.69) is 5.32 Å². The van der Waals surface area contributed by atoms with E-state index in [0.29, 0.717) is 12.8 Å². The number of hydrogen-bond donors (Lipinski definition) is 3. The molecule has 0 aliphatic carbocycles. The summed E-state index contributed by atoms with van der Waals surface area (Å²) in [5.74, 6) is -0.833. The van der Waals surface area contributed by atoms with E-state index < -0.39 is 5.97 Å². The number of aryl methyl sites for hydroxylation is 1. The Hall–Kier alpha value is -1.88. The summed E-state index contributed by atoms with van der Waals surface area (Å²) in [7, 11) is 0. The standard InChI is InChI=1S/C15H22N2O3/c1-11(16)3-2-4-14(18)17-13-8-5-12(6-9-13)7-10-15(19)20/h5-6,8-9,11H,2-4,7,10,16H2,1H3,(H,17,18)(H,19,20). The molecule has 5 heteroatoms. The number of aliphatic carboxylic acids is 1. The van der Waals surface area contributed by atoms with Crippen LogP contribution in [0.25, 0.3) is 0 Å². The number of rotatable bonds is 8. The van der Waals surface area contributed by atoms with Crippen LogP contribution in [0.5, 0.6) is 0 Å². The van der Waals surface area contributed by atoms with Crippen molar-refractivity contribution in [3.8, 4) is 0 Å². The minimum Gasteiger partial charge on any atom is -0.481 e. The molecule has 0 aliphatic rings. The van der Waals surface area contributed by atoms with Gasteiger partial charge in [-0.05, 0) is 43.9 Å². The Bertz CT molecular complexity index is 441. The van der Waals surface area contributed by atoms with Gasteiger partial charge in [-0.3, -0.25) is 9.59 Å². The van der Waals surface area contributed by atoms with Gasteiger partial charge >= 0.3 is 5.97 Å². The van der Waals surface area contributed by atoms with Crippen LogP contribution in [-0.2, 0) is 16.0 Å². The van der Waals surface area contributed by atoms with Gasteiger partial charge in [-0.1, -0.05) is 12.1 Å². The molecule has 0 aliphatic heterocycles. The van der Waals surface area contributed by atoms with Gasteiger partial charge in [0, 0.05) is 24.6 Å². The van der Waals surface area contributed by atoms with Crippen molar-refractivity contribution in [2.75, 3.05) is 5.32 Å². The zero-order chi connectivity index (χ0) is 15.0. The summed E-state index contributed by atoms with van der Waals surface area (Å²) in [5.41, 5.74) is 7.30. The zero-order valence-electron chi connectivity index (χ0n) is 11.8. The van der Waals surface area contributed by atoms with Crippen molar-refractivity contribution < 1.29 is 14.7 Å². The molecule has 0 saturated heterocycles. The molecule has 20 heavy (non-hydrogen) atoms. The highest BCUT2D eigenvalue weighted by molar-refractivity contribution is 5.90. The topological polar surface area (TPSA) is 92.4 Å². The second-order valence-corrected chi connectivity index (χ2v) is 5.01. The molecule has 1 unspecified atom stereocenters. The summed E-state index contributed by atoms with van der Waals surface area (Å²) in [6.45, 7) is 1.92. The third kappa shape index (κ3) is 6.89. The molecule has 0 saturated carbocycles. The molecule has 0 aromatic heterocycles. The van der Waals surface area contributed by atoms with Crippen LogP contribution in [-0.4, -0.2) is 23.0 Å². The Kier molecular flexibility index (Phi) is 6.73. The molecule has 0 heterocycles. The number of nitrogens with one attached hydrogen (secondary N) is 1. The second-order valence-electron chi connectivity index (χ2n) is 5.01. The molecule has 4 N–H and O–H groups in total. The van der Waals surface area contributed by atoms with Gasteiger partial charge < -0.3 is 16.2 Å². The van der Waals surface area contributed by atoms with Crippen molar-refractivity contribution in [3.63, 3.8) is 0 Å². The number of hydrogen-bond acceptors (Lipinski definition) is 3. The predicted octanol–water partition coefficient (Wildman–Crippen LogP) is 2.16. The fraction of sp³-hybridized carbons (Fsp3) is 0.467. The minimum absolute atomic E-state index is 0.0241. The molecule has 0 spiro atoms. The van der Waals surface area contributed by atoms with Crippen LogP contribution >= 0.6 is 0 Å². The number of carbonyl (C=O) groups excluding carboxylic acids is 1. The zero-order valence-corrected chi connectivity index (χ0v) is 11.8. The maximum atomic E-state index is 11.7. The lowest BCUT2D eigenvalue weighted by Gasteiger charge is -2.07. The monoisotopic (exact) mass is 278 g/mol. The summed E-state index contributed by atoms with van der Waals surface area (Å²) in [6, 6.07) is 7.37. The van der Waals surface area contributed by atoms with E-state index in [1.807, 2.05) is 19.1 Å².